The molecule has 4 heterocycles. The lowest BCUT2D eigenvalue weighted by Crippen LogP contribution is -2.21. The van der Waals surface area contributed by atoms with Crippen LogP contribution in [0.2, 0.25) is 5.02 Å². The first-order valence-electron chi connectivity index (χ1n) is 16.1. The predicted molar refractivity (Wildman–Crippen MR) is 182 cm³/mol. The van der Waals surface area contributed by atoms with Crippen LogP contribution in [0.5, 0.6) is 5.75 Å². The molecule has 45 heavy (non-hydrogen) atoms. The topological polar surface area (TPSA) is 81.8 Å². The van der Waals surface area contributed by atoms with Gasteiger partial charge in [-0.1, -0.05) is 57.4 Å². The van der Waals surface area contributed by atoms with Crippen LogP contribution in [0.1, 0.15) is 71.2 Å². The van der Waals surface area contributed by atoms with E-state index in [2.05, 4.69) is 47.8 Å². The molecule has 9 heteroatoms. The maximum absolute atomic E-state index is 13.7. The maximum atomic E-state index is 13.7. The van der Waals surface area contributed by atoms with Crippen LogP contribution in [0.15, 0.2) is 71.0 Å². The van der Waals surface area contributed by atoms with Gasteiger partial charge in [-0.05, 0) is 74.6 Å². The van der Waals surface area contributed by atoms with E-state index in [0.29, 0.717) is 48.0 Å². The van der Waals surface area contributed by atoms with Gasteiger partial charge in [0.05, 0.1) is 34.9 Å². The smallest absolute Gasteiger partial charge is 0.283 e. The second-order valence-electron chi connectivity index (χ2n) is 11.1. The molecule has 1 aromatic carbocycles. The Balaban J connectivity index is 1.64. The third-order valence-electron chi connectivity index (χ3n) is 7.92. The van der Waals surface area contributed by atoms with Gasteiger partial charge in [0.25, 0.3) is 5.56 Å². The lowest BCUT2D eigenvalue weighted by atomic mass is 10.1. The van der Waals surface area contributed by atoms with Gasteiger partial charge in [0.2, 0.25) is 5.88 Å². The molecular formula is C36H42ClN5O3. The molecule has 0 aliphatic carbocycles. The molecule has 4 aromatic rings. The summed E-state index contributed by atoms with van der Waals surface area (Å²) in [5.41, 5.74) is 5.18. The second-order valence-corrected chi connectivity index (χ2v) is 11.5. The van der Waals surface area contributed by atoms with Crippen LogP contribution >= 0.6 is 11.6 Å². The van der Waals surface area contributed by atoms with Gasteiger partial charge in [-0.3, -0.25) is 9.78 Å². The number of hydrogen-bond acceptors (Lipinski definition) is 7. The standard InChI is InChI=1S/C36H42ClN5O3/c1-5-9-14-31-34(29-13-11-12-20-38-29)36(43)39-35-27(28(40-42(31)35)19-22-44-8-4)23-25(7-3)15-18-33-41(21-10-6-2)30-17-16-26(37)24-32(30)45-33/h11-13,15-18,20,23-24H,5-10,14,19,21-22H2,1-4H3/b25-15+,27-23-,33-18-. The molecule has 0 saturated heterocycles. The zero-order valence-corrected chi connectivity index (χ0v) is 27.4. The molecule has 3 aromatic heterocycles. The molecular weight excluding hydrogens is 586 g/mol. The summed E-state index contributed by atoms with van der Waals surface area (Å²) in [5, 5.41) is 6.54. The van der Waals surface area contributed by atoms with Crippen LogP contribution in [0, 0.1) is 0 Å². The van der Waals surface area contributed by atoms with E-state index in [1.807, 2.05) is 53.9 Å². The number of pyridine rings is 1. The molecule has 5 rings (SSSR count). The Kier molecular flexibility index (Phi) is 11.0. The number of aromatic nitrogens is 4. The fraction of sp³-hybridized carbons (Fsp3) is 0.389. The first-order valence-corrected chi connectivity index (χ1v) is 16.5. The van der Waals surface area contributed by atoms with Crippen LogP contribution in [0.3, 0.4) is 0 Å². The van der Waals surface area contributed by atoms with Crippen LogP contribution in [0.25, 0.3) is 23.0 Å². The molecule has 0 amide bonds. The van der Waals surface area contributed by atoms with Crippen molar-refractivity contribution in [3.63, 3.8) is 0 Å². The van der Waals surface area contributed by atoms with E-state index >= 15 is 0 Å². The number of nitrogens with zero attached hydrogens (tertiary/aromatic N) is 5. The van der Waals surface area contributed by atoms with Crippen molar-refractivity contribution < 1.29 is 9.47 Å². The first-order chi connectivity index (χ1) is 22.0. The van der Waals surface area contributed by atoms with Gasteiger partial charge in [0.15, 0.2) is 11.4 Å². The van der Waals surface area contributed by atoms with Crippen molar-refractivity contribution in [2.75, 3.05) is 24.7 Å². The number of halogens is 1. The summed E-state index contributed by atoms with van der Waals surface area (Å²) in [4.78, 5) is 25.0. The Hall–Kier alpha value is -4.01. The molecule has 0 unspecified atom stereocenters. The van der Waals surface area contributed by atoms with Gasteiger partial charge < -0.3 is 14.4 Å². The van der Waals surface area contributed by atoms with E-state index in [1.54, 1.807) is 6.20 Å². The summed E-state index contributed by atoms with van der Waals surface area (Å²) >= 11 is 6.27. The van der Waals surface area contributed by atoms with E-state index in [4.69, 9.17) is 26.2 Å². The molecule has 0 fully saturated rings. The maximum Gasteiger partial charge on any atom is 0.283 e. The largest absolute Gasteiger partial charge is 0.439 e. The first kappa shape index (κ1) is 32.4. The quantitative estimate of drug-likeness (QED) is 0.138. The summed E-state index contributed by atoms with van der Waals surface area (Å²) in [6.45, 7) is 10.4. The summed E-state index contributed by atoms with van der Waals surface area (Å²) in [5.74, 6) is 1.52. The number of anilines is 1. The van der Waals surface area contributed by atoms with E-state index < -0.39 is 0 Å². The third kappa shape index (κ3) is 7.29. The number of fused-ring (bicyclic) bond motifs is 2. The highest BCUT2D eigenvalue weighted by Crippen LogP contribution is 2.40. The molecule has 0 spiro atoms. The van der Waals surface area contributed by atoms with Crippen molar-refractivity contribution >= 4 is 29.0 Å². The SMILES string of the molecule is CCCCc1c(-c2ccccn2)c(=O)nc2\c(=C/C(=C/C=C3\Oc4cc(Cl)ccc4N3CCCC)CC)c(CCOCC)nn12. The van der Waals surface area contributed by atoms with Gasteiger partial charge in [0, 0.05) is 42.1 Å². The zero-order valence-electron chi connectivity index (χ0n) is 26.7. The Labute approximate surface area is 270 Å². The Bertz CT molecular complexity index is 1800. The normalized spacial score (nSPS) is 14.5. The fourth-order valence-corrected chi connectivity index (χ4v) is 5.68. The zero-order chi connectivity index (χ0) is 31.8. The summed E-state index contributed by atoms with van der Waals surface area (Å²) in [7, 11) is 0. The fourth-order valence-electron chi connectivity index (χ4n) is 5.51. The van der Waals surface area contributed by atoms with Gasteiger partial charge in [0.1, 0.15) is 0 Å². The van der Waals surface area contributed by atoms with Gasteiger partial charge >= 0.3 is 0 Å². The lowest BCUT2D eigenvalue weighted by Gasteiger charge is -2.17. The molecule has 1 aliphatic rings. The molecule has 236 valence electrons. The molecule has 0 radical (unpaired) electrons. The number of benzene rings is 1. The molecule has 0 bridgehead atoms. The Morgan fingerprint density at radius 2 is 1.91 bits per heavy atom. The van der Waals surface area contributed by atoms with Crippen molar-refractivity contribution in [1.29, 1.82) is 0 Å². The van der Waals surface area contributed by atoms with Crippen LogP contribution in [-0.2, 0) is 17.6 Å². The number of aryl methyl sites for hydroxylation is 1. The average Bonchev–Trinajstić information content (AvgIpc) is 3.57. The number of rotatable bonds is 14. The van der Waals surface area contributed by atoms with Crippen molar-refractivity contribution in [3.05, 3.63) is 98.2 Å². The van der Waals surface area contributed by atoms with E-state index in [-0.39, 0.29) is 5.56 Å². The van der Waals surface area contributed by atoms with E-state index in [9.17, 15) is 4.79 Å². The lowest BCUT2D eigenvalue weighted by molar-refractivity contribution is 0.150. The Morgan fingerprint density at radius 3 is 2.64 bits per heavy atom. The van der Waals surface area contributed by atoms with Crippen molar-refractivity contribution in [2.24, 2.45) is 0 Å². The molecule has 0 N–H and O–H groups in total. The van der Waals surface area contributed by atoms with Gasteiger partial charge in [-0.25, -0.2) is 4.52 Å². The summed E-state index contributed by atoms with van der Waals surface area (Å²) in [6, 6.07) is 11.4. The highest BCUT2D eigenvalue weighted by Gasteiger charge is 2.26. The van der Waals surface area contributed by atoms with Crippen LogP contribution in [0.4, 0.5) is 5.69 Å². The number of allylic oxidation sites excluding steroid dienone is 3. The predicted octanol–water partition coefficient (Wildman–Crippen LogP) is 7.10. The monoisotopic (exact) mass is 627 g/mol. The van der Waals surface area contributed by atoms with Crippen LogP contribution < -0.4 is 20.4 Å². The minimum absolute atomic E-state index is 0.287. The highest BCUT2D eigenvalue weighted by atomic mass is 35.5. The van der Waals surface area contributed by atoms with Crippen molar-refractivity contribution in [2.45, 2.75) is 72.6 Å². The number of unbranched alkanes of at least 4 members (excludes halogenated alkanes) is 2. The third-order valence-corrected chi connectivity index (χ3v) is 8.16. The van der Waals surface area contributed by atoms with E-state index in [1.165, 1.54) is 0 Å². The van der Waals surface area contributed by atoms with Gasteiger partial charge in [-0.15, -0.1) is 0 Å². The van der Waals surface area contributed by atoms with Crippen LogP contribution in [-0.4, -0.2) is 39.3 Å². The van der Waals surface area contributed by atoms with Gasteiger partial charge in [-0.2, -0.15) is 10.1 Å². The van der Waals surface area contributed by atoms with Crippen molar-refractivity contribution in [3.8, 4) is 17.0 Å². The number of ether oxygens (including phenoxy) is 2. The second kappa shape index (κ2) is 15.3. The summed E-state index contributed by atoms with van der Waals surface area (Å²) in [6.07, 6.45) is 14.0. The molecule has 0 saturated carbocycles. The Morgan fingerprint density at radius 1 is 1.07 bits per heavy atom. The average molecular weight is 628 g/mol. The minimum Gasteiger partial charge on any atom is -0.439 e. The van der Waals surface area contributed by atoms with E-state index in [0.717, 1.165) is 78.1 Å². The molecule has 0 atom stereocenters. The highest BCUT2D eigenvalue weighted by molar-refractivity contribution is 6.30. The minimum atomic E-state index is -0.287. The number of hydrogen-bond donors (Lipinski definition) is 0. The van der Waals surface area contributed by atoms with Crippen molar-refractivity contribution in [1.82, 2.24) is 19.6 Å². The molecule has 1 aliphatic heterocycles. The molecule has 8 nitrogen and oxygen atoms in total. The summed E-state index contributed by atoms with van der Waals surface area (Å²) < 4.78 is 13.8.